The molecule has 0 radical (unpaired) electrons. The minimum absolute atomic E-state index is 0.0253. The summed E-state index contributed by atoms with van der Waals surface area (Å²) < 4.78 is 0. The van der Waals surface area contributed by atoms with Crippen LogP contribution >= 0.6 is 11.3 Å². The van der Waals surface area contributed by atoms with Crippen LogP contribution in [0.5, 0.6) is 0 Å². The minimum Gasteiger partial charge on any atom is -0.355 e. The Morgan fingerprint density at radius 1 is 1.16 bits per heavy atom. The van der Waals surface area contributed by atoms with E-state index in [0.717, 1.165) is 12.1 Å². The molecule has 8 heteroatoms. The predicted octanol–water partition coefficient (Wildman–Crippen LogP) is 1.71. The monoisotopic (exact) mass is 361 g/mol. The van der Waals surface area contributed by atoms with Gasteiger partial charge >= 0.3 is 0 Å². The zero-order chi connectivity index (χ0) is 18.2. The highest BCUT2D eigenvalue weighted by Gasteiger charge is 2.14. The molecular formula is C17H23N5O2S. The van der Waals surface area contributed by atoms with Crippen LogP contribution < -0.4 is 10.6 Å². The number of aromatic nitrogens is 2. The Morgan fingerprint density at radius 2 is 1.88 bits per heavy atom. The van der Waals surface area contributed by atoms with E-state index in [2.05, 4.69) is 20.8 Å². The Hall–Kier alpha value is -2.32. The largest absolute Gasteiger partial charge is 0.355 e. The molecule has 134 valence electrons. The van der Waals surface area contributed by atoms with Gasteiger partial charge in [-0.3, -0.25) is 9.59 Å². The number of carbonyl (C=O) groups is 2. The number of aryl methyl sites for hydroxylation is 2. The van der Waals surface area contributed by atoms with Crippen LogP contribution in [0.4, 0.5) is 5.69 Å². The number of nitrogens with zero attached hydrogens (tertiary/aromatic N) is 3. The highest BCUT2D eigenvalue weighted by atomic mass is 32.1. The molecule has 1 heterocycles. The molecule has 2 N–H and O–H groups in total. The van der Waals surface area contributed by atoms with Gasteiger partial charge in [-0.15, -0.1) is 10.2 Å². The van der Waals surface area contributed by atoms with E-state index >= 15 is 0 Å². The second kappa shape index (κ2) is 9.24. The number of nitrogens with one attached hydrogen (secondary N) is 2. The van der Waals surface area contributed by atoms with Crippen molar-refractivity contribution in [1.29, 1.82) is 0 Å². The van der Waals surface area contributed by atoms with Crippen molar-refractivity contribution in [3.05, 3.63) is 39.8 Å². The summed E-state index contributed by atoms with van der Waals surface area (Å²) in [6.45, 7) is 3.40. The maximum atomic E-state index is 12.2. The van der Waals surface area contributed by atoms with Crippen LogP contribution in [-0.2, 0) is 11.2 Å². The molecular weight excluding hydrogens is 338 g/mol. The average molecular weight is 361 g/mol. The van der Waals surface area contributed by atoms with E-state index in [9.17, 15) is 9.59 Å². The van der Waals surface area contributed by atoms with E-state index < -0.39 is 0 Å². The molecule has 0 bridgehead atoms. The van der Waals surface area contributed by atoms with Crippen molar-refractivity contribution in [1.82, 2.24) is 20.4 Å². The molecule has 0 aliphatic carbocycles. The summed E-state index contributed by atoms with van der Waals surface area (Å²) in [7, 11) is 3.91. The first-order valence-corrected chi connectivity index (χ1v) is 8.87. The third kappa shape index (κ3) is 6.60. The fraction of sp³-hybridized carbons (Fsp3) is 0.412. The fourth-order valence-electron chi connectivity index (χ4n) is 2.00. The van der Waals surface area contributed by atoms with Gasteiger partial charge in [-0.05, 0) is 33.2 Å². The molecule has 7 nitrogen and oxygen atoms in total. The first-order valence-electron chi connectivity index (χ1n) is 8.06. The number of hydrogen-bond donors (Lipinski definition) is 2. The first-order chi connectivity index (χ1) is 11.9. The number of benzene rings is 1. The average Bonchev–Trinajstić information content (AvgIpc) is 3.04. The Labute approximate surface area is 151 Å². The molecule has 0 saturated heterocycles. The topological polar surface area (TPSA) is 87.2 Å². The van der Waals surface area contributed by atoms with Gasteiger partial charge in [-0.2, -0.15) is 0 Å². The lowest BCUT2D eigenvalue weighted by Crippen LogP contribution is -2.31. The molecule has 1 aromatic carbocycles. The van der Waals surface area contributed by atoms with Crippen LogP contribution in [0.15, 0.2) is 24.3 Å². The molecule has 2 rings (SSSR count). The smallest absolute Gasteiger partial charge is 0.286 e. The van der Waals surface area contributed by atoms with Gasteiger partial charge in [0, 0.05) is 31.6 Å². The summed E-state index contributed by atoms with van der Waals surface area (Å²) >= 11 is 1.21. The van der Waals surface area contributed by atoms with Crippen molar-refractivity contribution in [3.63, 3.8) is 0 Å². The Kier molecular flexibility index (Phi) is 7.03. The summed E-state index contributed by atoms with van der Waals surface area (Å²) in [5, 5.41) is 14.5. The van der Waals surface area contributed by atoms with Gasteiger partial charge in [0.1, 0.15) is 5.01 Å². The molecule has 0 spiro atoms. The number of likely N-dealkylation sites (N-methyl/N-ethyl adjacent to an activating group) is 1. The molecule has 0 fully saturated rings. The van der Waals surface area contributed by atoms with Crippen LogP contribution in [0.1, 0.15) is 26.8 Å². The maximum absolute atomic E-state index is 12.2. The number of anilines is 1. The molecule has 2 amide bonds. The Balaban J connectivity index is 1.80. The van der Waals surface area contributed by atoms with Gasteiger partial charge in [0.25, 0.3) is 5.91 Å². The van der Waals surface area contributed by atoms with Crippen LogP contribution in [0.2, 0.25) is 0 Å². The number of amides is 2. The lowest BCUT2D eigenvalue weighted by Gasteiger charge is -2.09. The summed E-state index contributed by atoms with van der Waals surface area (Å²) in [5.74, 6) is -0.314. The van der Waals surface area contributed by atoms with Crippen molar-refractivity contribution in [3.8, 4) is 0 Å². The quantitative estimate of drug-likeness (QED) is 0.747. The van der Waals surface area contributed by atoms with Crippen molar-refractivity contribution in [2.24, 2.45) is 0 Å². The molecule has 0 aliphatic heterocycles. The highest BCUT2D eigenvalue weighted by molar-refractivity contribution is 7.13. The minimum atomic E-state index is -0.289. The van der Waals surface area contributed by atoms with Crippen LogP contribution in [0.3, 0.4) is 0 Å². The molecule has 0 aliphatic rings. The number of rotatable bonds is 8. The van der Waals surface area contributed by atoms with Gasteiger partial charge in [-0.1, -0.05) is 29.0 Å². The van der Waals surface area contributed by atoms with Crippen molar-refractivity contribution >= 4 is 28.8 Å². The lowest BCUT2D eigenvalue weighted by atomic mass is 10.2. The second-order valence-corrected chi connectivity index (χ2v) is 7.04. The molecule has 0 unspecified atom stereocenters. The third-order valence-electron chi connectivity index (χ3n) is 3.42. The van der Waals surface area contributed by atoms with Gasteiger partial charge < -0.3 is 15.5 Å². The van der Waals surface area contributed by atoms with Gasteiger partial charge in [-0.25, -0.2) is 0 Å². The SMILES string of the molecule is Cc1ccc(NC(=O)c2nnc(CCC(=O)NCCN(C)C)s2)cc1. The number of carbonyl (C=O) groups excluding carboxylic acids is 2. The molecule has 0 atom stereocenters. The maximum Gasteiger partial charge on any atom is 0.286 e. The van der Waals surface area contributed by atoms with E-state index in [4.69, 9.17) is 0 Å². The van der Waals surface area contributed by atoms with Crippen molar-refractivity contribution in [2.45, 2.75) is 19.8 Å². The van der Waals surface area contributed by atoms with E-state index in [-0.39, 0.29) is 11.8 Å². The van der Waals surface area contributed by atoms with Crippen molar-refractivity contribution in [2.75, 3.05) is 32.5 Å². The zero-order valence-electron chi connectivity index (χ0n) is 14.7. The molecule has 1 aromatic heterocycles. The van der Waals surface area contributed by atoms with Crippen LogP contribution in [-0.4, -0.2) is 54.1 Å². The molecule has 2 aromatic rings. The van der Waals surface area contributed by atoms with Crippen molar-refractivity contribution < 1.29 is 9.59 Å². The van der Waals surface area contributed by atoms with E-state index in [1.165, 1.54) is 11.3 Å². The van der Waals surface area contributed by atoms with E-state index in [0.29, 0.717) is 35.1 Å². The second-order valence-electron chi connectivity index (χ2n) is 5.97. The zero-order valence-corrected chi connectivity index (χ0v) is 15.5. The van der Waals surface area contributed by atoms with E-state index in [1.54, 1.807) is 0 Å². The van der Waals surface area contributed by atoms with E-state index in [1.807, 2.05) is 50.2 Å². The van der Waals surface area contributed by atoms with Crippen LogP contribution in [0.25, 0.3) is 0 Å². The summed E-state index contributed by atoms with van der Waals surface area (Å²) in [6, 6.07) is 7.53. The molecule has 25 heavy (non-hydrogen) atoms. The third-order valence-corrected chi connectivity index (χ3v) is 4.40. The first kappa shape index (κ1) is 19.0. The Morgan fingerprint density at radius 3 is 2.56 bits per heavy atom. The van der Waals surface area contributed by atoms with Gasteiger partial charge in [0.2, 0.25) is 10.9 Å². The molecule has 0 saturated carbocycles. The predicted molar refractivity (Wildman–Crippen MR) is 98.9 cm³/mol. The highest BCUT2D eigenvalue weighted by Crippen LogP contribution is 2.15. The summed E-state index contributed by atoms with van der Waals surface area (Å²) in [6.07, 6.45) is 0.810. The summed E-state index contributed by atoms with van der Waals surface area (Å²) in [5.41, 5.74) is 1.84. The van der Waals surface area contributed by atoms with Gasteiger partial charge in [0.15, 0.2) is 0 Å². The standard InChI is InChI=1S/C17H23N5O2S/c1-12-4-6-13(7-5-12)19-16(24)17-21-20-15(25-17)9-8-14(23)18-10-11-22(2)3/h4-7H,8-11H2,1-3H3,(H,18,23)(H,19,24). The Bertz CT molecular complexity index is 712. The number of hydrogen-bond acceptors (Lipinski definition) is 6. The normalized spacial score (nSPS) is 10.7. The lowest BCUT2D eigenvalue weighted by molar-refractivity contribution is -0.121. The van der Waals surface area contributed by atoms with Crippen LogP contribution in [0, 0.1) is 6.92 Å². The summed E-state index contributed by atoms with van der Waals surface area (Å²) in [4.78, 5) is 25.9. The van der Waals surface area contributed by atoms with Gasteiger partial charge in [0.05, 0.1) is 0 Å². The fourth-order valence-corrected chi connectivity index (χ4v) is 2.73.